The smallest absolute Gasteiger partial charge is 0.0425 e. The molecule has 0 radical (unpaired) electrons. The van der Waals surface area contributed by atoms with Gasteiger partial charge in [-0.1, -0.05) is 6.92 Å². The maximum absolute atomic E-state index is 9.65. The van der Waals surface area contributed by atoms with Gasteiger partial charge in [-0.15, -0.1) is 0 Å². The first kappa shape index (κ1) is 6.82. The maximum Gasteiger partial charge on any atom is 0.0425 e. The molecule has 0 aliphatic rings. The molecule has 0 aliphatic heterocycles. The third-order valence-corrected chi connectivity index (χ3v) is 0.645. The highest BCUT2D eigenvalue weighted by molar-refractivity contribution is 7.80. The van der Waals surface area contributed by atoms with Gasteiger partial charge in [-0.25, -0.2) is 0 Å². The van der Waals surface area contributed by atoms with Crippen LogP contribution in [0.4, 0.5) is 0 Å². The molecule has 0 aliphatic carbocycles. The fraction of sp³-hybridized carbons (Fsp3) is 0.750. The minimum Gasteiger partial charge on any atom is -0.550 e. The lowest BCUT2D eigenvalue weighted by Crippen LogP contribution is -2.24. The second kappa shape index (κ2) is 2.91. The molecule has 0 aromatic rings. The number of aliphatic carboxylic acids is 1. The summed E-state index contributed by atoms with van der Waals surface area (Å²) in [6.07, 6.45) is 0.0309. The lowest BCUT2D eigenvalue weighted by Gasteiger charge is -2.01. The molecule has 0 bridgehead atoms. The topological polar surface area (TPSA) is 40.1 Å². The average molecular weight is 119 g/mol. The van der Waals surface area contributed by atoms with E-state index in [1.54, 1.807) is 6.92 Å². The number of rotatable bonds is 2. The zero-order valence-electron chi connectivity index (χ0n) is 4.05. The summed E-state index contributed by atoms with van der Waals surface area (Å²) in [5.41, 5.74) is 0. The molecule has 2 nitrogen and oxygen atoms in total. The van der Waals surface area contributed by atoms with Gasteiger partial charge in [-0.2, -0.15) is 12.6 Å². The highest BCUT2D eigenvalue weighted by atomic mass is 32.1. The van der Waals surface area contributed by atoms with Gasteiger partial charge < -0.3 is 9.90 Å². The third-order valence-electron chi connectivity index (χ3n) is 0.462. The molecule has 0 amide bonds. The van der Waals surface area contributed by atoms with E-state index < -0.39 is 5.97 Å². The van der Waals surface area contributed by atoms with Crippen molar-refractivity contribution in [1.29, 1.82) is 0 Å². The van der Waals surface area contributed by atoms with E-state index >= 15 is 0 Å². The Morgan fingerprint density at radius 3 is 2.43 bits per heavy atom. The lowest BCUT2D eigenvalue weighted by atomic mass is 10.3. The van der Waals surface area contributed by atoms with Gasteiger partial charge >= 0.3 is 0 Å². The van der Waals surface area contributed by atoms with Crippen LogP contribution >= 0.6 is 12.6 Å². The molecular weight excluding hydrogens is 112 g/mol. The predicted octanol–water partition coefficient (Wildman–Crippen LogP) is -0.555. The van der Waals surface area contributed by atoms with Crippen molar-refractivity contribution in [3.8, 4) is 0 Å². The Bertz CT molecular complexity index is 70.1. The van der Waals surface area contributed by atoms with Crippen LogP contribution in [0.15, 0.2) is 0 Å². The Labute approximate surface area is 47.9 Å². The number of carboxylic acid groups (broad SMARTS) is 1. The molecule has 0 fully saturated rings. The summed E-state index contributed by atoms with van der Waals surface area (Å²) in [6.45, 7) is 1.71. The molecule has 3 heteroatoms. The standard InChI is InChI=1S/C4H8O2S/c1-3(7)2-4(5)6/h3,7H,2H2,1H3,(H,5,6)/p-1. The summed E-state index contributed by atoms with van der Waals surface area (Å²) in [5.74, 6) is -1.04. The van der Waals surface area contributed by atoms with Gasteiger partial charge in [0.25, 0.3) is 0 Å². The Hall–Kier alpha value is -0.180. The van der Waals surface area contributed by atoms with Crippen molar-refractivity contribution in [3.63, 3.8) is 0 Å². The normalized spacial score (nSPS) is 13.4. The number of hydrogen-bond donors (Lipinski definition) is 1. The number of carboxylic acids is 1. The molecule has 0 aromatic carbocycles. The number of hydrogen-bond acceptors (Lipinski definition) is 3. The largest absolute Gasteiger partial charge is 0.550 e. The zero-order chi connectivity index (χ0) is 5.86. The molecular formula is C4H7O2S-. The average Bonchev–Trinajstić information content (AvgIpc) is 1.27. The van der Waals surface area contributed by atoms with E-state index in [4.69, 9.17) is 0 Å². The van der Waals surface area contributed by atoms with Crippen molar-refractivity contribution in [2.24, 2.45) is 0 Å². The van der Waals surface area contributed by atoms with Crippen LogP contribution in [0.2, 0.25) is 0 Å². The first-order chi connectivity index (χ1) is 3.13. The van der Waals surface area contributed by atoms with Crippen molar-refractivity contribution in [2.75, 3.05) is 0 Å². The minimum absolute atomic E-state index is 0.0309. The van der Waals surface area contributed by atoms with Gasteiger partial charge in [-0.3, -0.25) is 0 Å². The van der Waals surface area contributed by atoms with Crippen LogP contribution in [-0.2, 0) is 4.79 Å². The number of carbonyl (C=O) groups excluding carboxylic acids is 1. The molecule has 7 heavy (non-hydrogen) atoms. The van der Waals surface area contributed by atoms with Crippen molar-refractivity contribution < 1.29 is 9.90 Å². The van der Waals surface area contributed by atoms with Crippen LogP contribution in [0.3, 0.4) is 0 Å². The van der Waals surface area contributed by atoms with Gasteiger partial charge in [0.1, 0.15) is 0 Å². The third kappa shape index (κ3) is 5.82. The van der Waals surface area contributed by atoms with E-state index in [0.29, 0.717) is 0 Å². The molecule has 1 atom stereocenters. The van der Waals surface area contributed by atoms with Gasteiger partial charge in [0.15, 0.2) is 0 Å². The lowest BCUT2D eigenvalue weighted by molar-refractivity contribution is -0.305. The predicted molar refractivity (Wildman–Crippen MR) is 28.1 cm³/mol. The fourth-order valence-corrected chi connectivity index (χ4v) is 0.390. The van der Waals surface area contributed by atoms with Crippen LogP contribution < -0.4 is 5.11 Å². The Morgan fingerprint density at radius 2 is 2.43 bits per heavy atom. The second-order valence-corrected chi connectivity index (χ2v) is 2.31. The van der Waals surface area contributed by atoms with E-state index in [0.717, 1.165) is 0 Å². The van der Waals surface area contributed by atoms with Crippen molar-refractivity contribution in [1.82, 2.24) is 0 Å². The Balaban J connectivity index is 3.13. The summed E-state index contributed by atoms with van der Waals surface area (Å²) in [5, 5.41) is 9.56. The van der Waals surface area contributed by atoms with Crippen molar-refractivity contribution in [3.05, 3.63) is 0 Å². The minimum atomic E-state index is -1.04. The molecule has 0 aromatic heterocycles. The molecule has 42 valence electrons. The van der Waals surface area contributed by atoms with E-state index in [1.165, 1.54) is 0 Å². The maximum atomic E-state index is 9.65. The fourth-order valence-electron chi connectivity index (χ4n) is 0.241. The van der Waals surface area contributed by atoms with Crippen LogP contribution in [0.1, 0.15) is 13.3 Å². The number of thiol groups is 1. The summed E-state index contributed by atoms with van der Waals surface area (Å²) in [7, 11) is 0. The van der Waals surface area contributed by atoms with Gasteiger partial charge in [0.05, 0.1) is 0 Å². The van der Waals surface area contributed by atoms with Crippen molar-refractivity contribution >= 4 is 18.6 Å². The molecule has 0 heterocycles. The number of carbonyl (C=O) groups is 1. The van der Waals surface area contributed by atoms with Crippen LogP contribution in [-0.4, -0.2) is 11.2 Å². The van der Waals surface area contributed by atoms with E-state index in [1.807, 2.05) is 0 Å². The second-order valence-electron chi connectivity index (χ2n) is 1.43. The monoisotopic (exact) mass is 119 g/mol. The molecule has 1 unspecified atom stereocenters. The van der Waals surface area contributed by atoms with Gasteiger partial charge in [0, 0.05) is 11.2 Å². The Morgan fingerprint density at radius 1 is 2.00 bits per heavy atom. The van der Waals surface area contributed by atoms with Crippen LogP contribution in [0.25, 0.3) is 0 Å². The van der Waals surface area contributed by atoms with E-state index in [-0.39, 0.29) is 11.7 Å². The van der Waals surface area contributed by atoms with E-state index in [2.05, 4.69) is 12.6 Å². The van der Waals surface area contributed by atoms with Gasteiger partial charge in [-0.05, 0) is 6.42 Å². The highest BCUT2D eigenvalue weighted by Gasteiger charge is 1.91. The molecule has 0 saturated carbocycles. The van der Waals surface area contributed by atoms with E-state index in [9.17, 15) is 9.90 Å². The summed E-state index contributed by atoms with van der Waals surface area (Å²) >= 11 is 3.82. The van der Waals surface area contributed by atoms with Crippen molar-refractivity contribution in [2.45, 2.75) is 18.6 Å². The summed E-state index contributed by atoms with van der Waals surface area (Å²) < 4.78 is 0. The van der Waals surface area contributed by atoms with Crippen LogP contribution in [0, 0.1) is 0 Å². The summed E-state index contributed by atoms with van der Waals surface area (Å²) in [4.78, 5) is 9.65. The zero-order valence-corrected chi connectivity index (χ0v) is 4.94. The highest BCUT2D eigenvalue weighted by Crippen LogP contribution is 1.95. The molecule has 0 spiro atoms. The molecule has 0 saturated heterocycles. The quantitative estimate of drug-likeness (QED) is 0.495. The first-order valence-corrected chi connectivity index (χ1v) is 2.52. The molecule has 0 N–H and O–H groups in total. The Kier molecular flexibility index (Phi) is 2.83. The summed E-state index contributed by atoms with van der Waals surface area (Å²) in [6, 6.07) is 0. The first-order valence-electron chi connectivity index (χ1n) is 2.01. The van der Waals surface area contributed by atoms with Gasteiger partial charge in [0.2, 0.25) is 0 Å². The SMILES string of the molecule is CC(S)CC(=O)[O-]. The molecule has 0 rings (SSSR count). The van der Waals surface area contributed by atoms with Crippen LogP contribution in [0.5, 0.6) is 0 Å².